The fraction of sp³-hybridized carbons (Fsp3) is 0.222. The summed E-state index contributed by atoms with van der Waals surface area (Å²) in [6.07, 6.45) is 0. The van der Waals surface area contributed by atoms with Crippen LogP contribution in [0, 0.1) is 0 Å². The molecule has 5 heteroatoms. The Balaban J connectivity index is 3.32. The van der Waals surface area contributed by atoms with Crippen molar-refractivity contribution in [3.8, 4) is 5.75 Å². The van der Waals surface area contributed by atoms with E-state index in [0.29, 0.717) is 5.75 Å². The maximum atomic E-state index is 11.3. The van der Waals surface area contributed by atoms with E-state index in [1.165, 1.54) is 20.3 Å². The summed E-state index contributed by atoms with van der Waals surface area (Å²) < 4.78 is 9.48. The summed E-state index contributed by atoms with van der Waals surface area (Å²) in [6.45, 7) is 0. The molecule has 1 aromatic carbocycles. The summed E-state index contributed by atoms with van der Waals surface area (Å²) in [7, 11) is 2.72. The van der Waals surface area contributed by atoms with Gasteiger partial charge in [0, 0.05) is 5.69 Å². The molecule has 0 heterocycles. The van der Waals surface area contributed by atoms with Crippen LogP contribution in [0.3, 0.4) is 0 Å². The maximum absolute atomic E-state index is 11.3. The van der Waals surface area contributed by atoms with E-state index in [2.05, 4.69) is 4.74 Å². The number of anilines is 1. The van der Waals surface area contributed by atoms with Crippen molar-refractivity contribution >= 4 is 23.3 Å². The van der Waals surface area contributed by atoms with Gasteiger partial charge >= 0.3 is 5.97 Å². The molecule has 0 aliphatic carbocycles. The Labute approximate surface area is 86.6 Å². The maximum Gasteiger partial charge on any atom is 0.341 e. The number of esters is 1. The lowest BCUT2D eigenvalue weighted by molar-refractivity contribution is 0.0602. The van der Waals surface area contributed by atoms with Gasteiger partial charge in [-0.25, -0.2) is 4.79 Å². The molecule has 0 fully saturated rings. The molecule has 0 saturated carbocycles. The summed E-state index contributed by atoms with van der Waals surface area (Å²) in [5.74, 6) is -0.187. The molecule has 0 saturated heterocycles. The largest absolute Gasteiger partial charge is 0.495 e. The van der Waals surface area contributed by atoms with Gasteiger partial charge in [-0.2, -0.15) is 0 Å². The number of hydrogen-bond donors (Lipinski definition) is 1. The van der Waals surface area contributed by atoms with Crippen LogP contribution in [0.15, 0.2) is 12.1 Å². The van der Waals surface area contributed by atoms with Crippen molar-refractivity contribution in [2.75, 3.05) is 20.0 Å². The number of carbonyl (C=O) groups is 1. The van der Waals surface area contributed by atoms with Crippen LogP contribution >= 0.6 is 11.6 Å². The molecule has 4 nitrogen and oxygen atoms in total. The first-order valence-electron chi connectivity index (χ1n) is 3.82. The predicted molar refractivity (Wildman–Crippen MR) is 53.8 cm³/mol. The minimum atomic E-state index is -0.577. The topological polar surface area (TPSA) is 61.5 Å². The molecule has 0 amide bonds. The smallest absolute Gasteiger partial charge is 0.341 e. The number of benzene rings is 1. The van der Waals surface area contributed by atoms with Crippen LogP contribution < -0.4 is 10.5 Å². The standard InChI is InChI=1S/C9H10ClNO3/c1-13-6-4-3-5(11)7(8(6)10)9(12)14-2/h3-4H,11H2,1-2H3. The van der Waals surface area contributed by atoms with E-state index in [-0.39, 0.29) is 16.3 Å². The zero-order valence-corrected chi connectivity index (χ0v) is 8.59. The Kier molecular flexibility index (Phi) is 3.19. The van der Waals surface area contributed by atoms with Crippen molar-refractivity contribution in [2.45, 2.75) is 0 Å². The lowest BCUT2D eigenvalue weighted by atomic mass is 10.1. The molecule has 1 rings (SSSR count). The molecular weight excluding hydrogens is 206 g/mol. The lowest BCUT2D eigenvalue weighted by Crippen LogP contribution is -2.07. The molecule has 1 aromatic rings. The highest BCUT2D eigenvalue weighted by atomic mass is 35.5. The highest BCUT2D eigenvalue weighted by molar-refractivity contribution is 6.35. The molecule has 2 N–H and O–H groups in total. The number of nitrogen functional groups attached to an aromatic ring is 1. The molecule has 0 bridgehead atoms. The number of ether oxygens (including phenoxy) is 2. The van der Waals surface area contributed by atoms with Gasteiger partial charge in [0.2, 0.25) is 0 Å². The SMILES string of the molecule is COC(=O)c1c(N)ccc(OC)c1Cl. The van der Waals surface area contributed by atoms with Gasteiger partial charge in [0.15, 0.2) is 0 Å². The molecule has 0 atom stereocenters. The summed E-state index contributed by atoms with van der Waals surface area (Å²) in [4.78, 5) is 11.3. The van der Waals surface area contributed by atoms with Crippen molar-refractivity contribution in [3.63, 3.8) is 0 Å². The van der Waals surface area contributed by atoms with Crippen LogP contribution in [0.2, 0.25) is 5.02 Å². The molecule has 76 valence electrons. The van der Waals surface area contributed by atoms with E-state index in [9.17, 15) is 4.79 Å². The molecule has 0 aromatic heterocycles. The van der Waals surface area contributed by atoms with Gasteiger partial charge in [0.1, 0.15) is 11.3 Å². The summed E-state index contributed by atoms with van der Waals surface area (Å²) in [5.41, 5.74) is 5.98. The van der Waals surface area contributed by atoms with E-state index >= 15 is 0 Å². The van der Waals surface area contributed by atoms with Crippen molar-refractivity contribution in [3.05, 3.63) is 22.7 Å². The Hall–Kier alpha value is -1.42. The zero-order chi connectivity index (χ0) is 10.7. The third-order valence-electron chi connectivity index (χ3n) is 1.75. The van der Waals surface area contributed by atoms with Gasteiger partial charge in [-0.1, -0.05) is 11.6 Å². The Bertz CT molecular complexity index is 365. The number of nitrogens with two attached hydrogens (primary N) is 1. The van der Waals surface area contributed by atoms with Crippen LogP contribution in [0.5, 0.6) is 5.75 Å². The van der Waals surface area contributed by atoms with E-state index in [4.69, 9.17) is 22.1 Å². The van der Waals surface area contributed by atoms with E-state index in [0.717, 1.165) is 0 Å². The highest BCUT2D eigenvalue weighted by Gasteiger charge is 2.17. The average Bonchev–Trinajstić information content (AvgIpc) is 2.18. The first kappa shape index (κ1) is 10.7. The van der Waals surface area contributed by atoms with Crippen LogP contribution in [0.1, 0.15) is 10.4 Å². The van der Waals surface area contributed by atoms with Crippen molar-refractivity contribution < 1.29 is 14.3 Å². The van der Waals surface area contributed by atoms with E-state index < -0.39 is 5.97 Å². The van der Waals surface area contributed by atoms with Gasteiger partial charge in [0.25, 0.3) is 0 Å². The quantitative estimate of drug-likeness (QED) is 0.603. The Morgan fingerprint density at radius 3 is 2.57 bits per heavy atom. The molecule has 0 aliphatic rings. The van der Waals surface area contributed by atoms with Crippen molar-refractivity contribution in [1.82, 2.24) is 0 Å². The predicted octanol–water partition coefficient (Wildman–Crippen LogP) is 1.72. The monoisotopic (exact) mass is 215 g/mol. The second kappa shape index (κ2) is 4.19. The van der Waals surface area contributed by atoms with Crippen molar-refractivity contribution in [1.29, 1.82) is 0 Å². The van der Waals surface area contributed by atoms with Gasteiger partial charge in [-0.05, 0) is 12.1 Å². The molecule has 0 unspecified atom stereocenters. The fourth-order valence-electron chi connectivity index (χ4n) is 1.04. The molecule has 0 aliphatic heterocycles. The van der Waals surface area contributed by atoms with Gasteiger partial charge in [-0.15, -0.1) is 0 Å². The number of methoxy groups -OCH3 is 2. The third kappa shape index (κ3) is 1.75. The minimum Gasteiger partial charge on any atom is -0.495 e. The first-order chi connectivity index (χ1) is 6.61. The molecule has 14 heavy (non-hydrogen) atoms. The fourth-order valence-corrected chi connectivity index (χ4v) is 1.37. The molecule has 0 spiro atoms. The minimum absolute atomic E-state index is 0.133. The molecule has 0 radical (unpaired) electrons. The van der Waals surface area contributed by atoms with Crippen LogP contribution in [0.4, 0.5) is 5.69 Å². The Morgan fingerprint density at radius 2 is 2.07 bits per heavy atom. The van der Waals surface area contributed by atoms with Crippen LogP contribution in [0.25, 0.3) is 0 Å². The lowest BCUT2D eigenvalue weighted by Gasteiger charge is -2.09. The Morgan fingerprint density at radius 1 is 1.43 bits per heavy atom. The van der Waals surface area contributed by atoms with Crippen LogP contribution in [-0.2, 0) is 4.74 Å². The number of rotatable bonds is 2. The number of carbonyl (C=O) groups excluding carboxylic acids is 1. The normalized spacial score (nSPS) is 9.64. The average molecular weight is 216 g/mol. The third-order valence-corrected chi connectivity index (χ3v) is 2.12. The summed E-state index contributed by atoms with van der Waals surface area (Å²) in [5, 5.41) is 0.166. The van der Waals surface area contributed by atoms with Crippen molar-refractivity contribution in [2.24, 2.45) is 0 Å². The van der Waals surface area contributed by atoms with E-state index in [1.54, 1.807) is 6.07 Å². The summed E-state index contributed by atoms with van der Waals surface area (Å²) >= 11 is 5.88. The van der Waals surface area contributed by atoms with E-state index in [1.807, 2.05) is 0 Å². The number of halogens is 1. The zero-order valence-electron chi connectivity index (χ0n) is 7.83. The van der Waals surface area contributed by atoms with Crippen LogP contribution in [-0.4, -0.2) is 20.2 Å². The second-order valence-electron chi connectivity index (χ2n) is 2.54. The van der Waals surface area contributed by atoms with Gasteiger partial charge in [-0.3, -0.25) is 0 Å². The summed E-state index contributed by atoms with van der Waals surface area (Å²) in [6, 6.07) is 3.13. The van der Waals surface area contributed by atoms with Gasteiger partial charge < -0.3 is 15.2 Å². The number of hydrogen-bond acceptors (Lipinski definition) is 4. The first-order valence-corrected chi connectivity index (χ1v) is 4.20. The molecular formula is C9H10ClNO3. The van der Waals surface area contributed by atoms with Gasteiger partial charge in [0.05, 0.1) is 19.2 Å². The highest BCUT2D eigenvalue weighted by Crippen LogP contribution is 2.32. The second-order valence-corrected chi connectivity index (χ2v) is 2.92.